The van der Waals surface area contributed by atoms with Crippen molar-refractivity contribution in [2.45, 2.75) is 56.3 Å². The van der Waals surface area contributed by atoms with Crippen molar-refractivity contribution in [3.8, 4) is 11.3 Å². The van der Waals surface area contributed by atoms with Crippen LogP contribution in [-0.2, 0) is 16.6 Å². The highest BCUT2D eigenvalue weighted by atomic mass is 19.4. The van der Waals surface area contributed by atoms with E-state index in [2.05, 4.69) is 9.97 Å². The standard InChI is InChI=1S/C28H27F3N6O2/c1-27(39,20-3-2-4-21(34-20)28(29,30)31)18-8-5-16(6-9-18)23-24-25(32)33-13-14-36(24)26(35-23)17-7-10-19-11-12-22(38)37(19)15-17/h2-6,8-9,13-14,17,19,39H,7,10-12,15H2,1H3,(H2,32,33)/t17-,19+,27+/m1/s1. The molecule has 3 aromatic heterocycles. The number of carbonyl (C=O) groups is 1. The average Bonchev–Trinajstić information content (AvgIpc) is 3.50. The third-order valence-electron chi connectivity index (χ3n) is 7.95. The number of amides is 1. The number of nitrogens with two attached hydrogens (primary N) is 1. The smallest absolute Gasteiger partial charge is 0.382 e. The van der Waals surface area contributed by atoms with Gasteiger partial charge in [-0.05, 0) is 43.9 Å². The van der Waals surface area contributed by atoms with E-state index < -0.39 is 17.5 Å². The minimum Gasteiger partial charge on any atom is -0.382 e. The molecule has 202 valence electrons. The molecular weight excluding hydrogens is 509 g/mol. The van der Waals surface area contributed by atoms with E-state index in [1.54, 1.807) is 30.5 Å². The summed E-state index contributed by atoms with van der Waals surface area (Å²) in [6, 6.07) is 10.5. The fourth-order valence-electron chi connectivity index (χ4n) is 5.82. The Hall–Kier alpha value is -3.99. The molecule has 11 heteroatoms. The summed E-state index contributed by atoms with van der Waals surface area (Å²) in [5, 5.41) is 11.2. The number of halogens is 3. The average molecular weight is 537 g/mol. The molecule has 0 radical (unpaired) electrons. The molecule has 3 atom stereocenters. The zero-order valence-electron chi connectivity index (χ0n) is 21.2. The minimum atomic E-state index is -4.62. The van der Waals surface area contributed by atoms with Gasteiger partial charge in [0.15, 0.2) is 0 Å². The van der Waals surface area contributed by atoms with Gasteiger partial charge in [-0.15, -0.1) is 0 Å². The number of aliphatic hydroxyl groups is 1. The number of hydrogen-bond acceptors (Lipinski definition) is 6. The molecular formula is C28H27F3N6O2. The third-order valence-corrected chi connectivity index (χ3v) is 7.95. The second-order valence-electron chi connectivity index (χ2n) is 10.4. The van der Waals surface area contributed by atoms with E-state index in [-0.39, 0.29) is 17.5 Å². The highest BCUT2D eigenvalue weighted by molar-refractivity contribution is 5.85. The van der Waals surface area contributed by atoms with Crippen LogP contribution in [0.2, 0.25) is 0 Å². The van der Waals surface area contributed by atoms with E-state index in [9.17, 15) is 23.1 Å². The Balaban J connectivity index is 1.36. The Morgan fingerprint density at radius 1 is 1.03 bits per heavy atom. The molecule has 2 aliphatic rings. The number of pyridine rings is 1. The summed E-state index contributed by atoms with van der Waals surface area (Å²) in [4.78, 5) is 27.3. The van der Waals surface area contributed by atoms with Crippen LogP contribution in [0, 0.1) is 0 Å². The molecule has 0 unspecified atom stereocenters. The number of hydrogen-bond donors (Lipinski definition) is 2. The lowest BCUT2D eigenvalue weighted by atomic mass is 9.91. The van der Waals surface area contributed by atoms with Crippen molar-refractivity contribution < 1.29 is 23.1 Å². The maximum absolute atomic E-state index is 13.2. The topological polar surface area (TPSA) is 110 Å². The number of benzene rings is 1. The van der Waals surface area contributed by atoms with E-state index in [0.717, 1.165) is 31.2 Å². The summed E-state index contributed by atoms with van der Waals surface area (Å²) in [5.41, 5.74) is 5.68. The van der Waals surface area contributed by atoms with Crippen LogP contribution in [0.25, 0.3) is 16.8 Å². The van der Waals surface area contributed by atoms with Gasteiger partial charge in [-0.25, -0.2) is 15.0 Å². The summed E-state index contributed by atoms with van der Waals surface area (Å²) in [5.74, 6) is 1.33. The monoisotopic (exact) mass is 536 g/mol. The van der Waals surface area contributed by atoms with Crippen molar-refractivity contribution in [3.63, 3.8) is 0 Å². The minimum absolute atomic E-state index is 0.0401. The Morgan fingerprint density at radius 3 is 2.51 bits per heavy atom. The molecule has 2 saturated heterocycles. The Kier molecular flexibility index (Phi) is 5.87. The highest BCUT2D eigenvalue weighted by Gasteiger charge is 2.39. The molecule has 0 spiro atoms. The van der Waals surface area contributed by atoms with E-state index >= 15 is 0 Å². The molecule has 2 fully saturated rings. The number of aromatic nitrogens is 4. The normalized spacial score (nSPS) is 21.3. The molecule has 39 heavy (non-hydrogen) atoms. The van der Waals surface area contributed by atoms with Crippen molar-refractivity contribution in [3.05, 3.63) is 77.6 Å². The van der Waals surface area contributed by atoms with Crippen LogP contribution >= 0.6 is 0 Å². The van der Waals surface area contributed by atoms with E-state index in [0.29, 0.717) is 47.2 Å². The lowest BCUT2D eigenvalue weighted by Crippen LogP contribution is -2.41. The van der Waals surface area contributed by atoms with Crippen molar-refractivity contribution in [2.24, 2.45) is 0 Å². The third kappa shape index (κ3) is 4.30. The molecule has 1 aromatic carbocycles. The molecule has 0 saturated carbocycles. The van der Waals surface area contributed by atoms with Gasteiger partial charge < -0.3 is 15.7 Å². The number of imidazole rings is 1. The van der Waals surface area contributed by atoms with Crippen LogP contribution in [-0.4, -0.2) is 47.9 Å². The van der Waals surface area contributed by atoms with E-state index in [4.69, 9.17) is 10.7 Å². The molecule has 1 amide bonds. The second-order valence-corrected chi connectivity index (χ2v) is 10.4. The number of carbonyl (C=O) groups excluding carboxylic acids is 1. The molecule has 0 bridgehead atoms. The number of nitrogen functional groups attached to an aromatic ring is 1. The summed E-state index contributed by atoms with van der Waals surface area (Å²) < 4.78 is 41.5. The second kappa shape index (κ2) is 9.04. The first-order chi connectivity index (χ1) is 18.5. The highest BCUT2D eigenvalue weighted by Crippen LogP contribution is 2.39. The van der Waals surface area contributed by atoms with Crippen LogP contribution in [0.3, 0.4) is 0 Å². The van der Waals surface area contributed by atoms with Gasteiger partial charge in [0.25, 0.3) is 0 Å². The largest absolute Gasteiger partial charge is 0.433 e. The number of nitrogens with zero attached hydrogens (tertiary/aromatic N) is 5. The molecule has 5 heterocycles. The van der Waals surface area contributed by atoms with E-state index in [1.807, 2.05) is 15.5 Å². The van der Waals surface area contributed by atoms with Gasteiger partial charge in [-0.1, -0.05) is 30.3 Å². The van der Waals surface area contributed by atoms with Crippen LogP contribution in [0.5, 0.6) is 0 Å². The van der Waals surface area contributed by atoms with Crippen LogP contribution in [0.1, 0.15) is 61.3 Å². The lowest BCUT2D eigenvalue weighted by Gasteiger charge is -2.34. The van der Waals surface area contributed by atoms with Crippen LogP contribution in [0.15, 0.2) is 54.9 Å². The quantitative estimate of drug-likeness (QED) is 0.397. The predicted octanol–water partition coefficient (Wildman–Crippen LogP) is 4.52. The first kappa shape index (κ1) is 25.3. The number of alkyl halides is 3. The Morgan fingerprint density at radius 2 is 1.77 bits per heavy atom. The summed E-state index contributed by atoms with van der Waals surface area (Å²) in [6.45, 7) is 2.02. The van der Waals surface area contributed by atoms with Crippen molar-refractivity contribution in [1.29, 1.82) is 0 Å². The fourth-order valence-corrected chi connectivity index (χ4v) is 5.82. The van der Waals surface area contributed by atoms with Gasteiger partial charge in [0.05, 0.1) is 5.69 Å². The zero-order valence-corrected chi connectivity index (χ0v) is 21.2. The summed E-state index contributed by atoms with van der Waals surface area (Å²) in [7, 11) is 0. The van der Waals surface area contributed by atoms with Gasteiger partial charge in [-0.3, -0.25) is 9.20 Å². The van der Waals surface area contributed by atoms with Gasteiger partial charge in [0.1, 0.15) is 34.1 Å². The Labute approximate surface area is 222 Å². The van der Waals surface area contributed by atoms with Gasteiger partial charge in [-0.2, -0.15) is 13.2 Å². The molecule has 6 rings (SSSR count). The summed E-state index contributed by atoms with van der Waals surface area (Å²) >= 11 is 0. The van der Waals surface area contributed by atoms with Gasteiger partial charge in [0, 0.05) is 42.9 Å². The van der Waals surface area contributed by atoms with Crippen molar-refractivity contribution in [1.82, 2.24) is 24.3 Å². The van der Waals surface area contributed by atoms with Crippen molar-refractivity contribution in [2.75, 3.05) is 12.3 Å². The number of piperidine rings is 1. The van der Waals surface area contributed by atoms with Crippen molar-refractivity contribution >= 4 is 17.2 Å². The van der Waals surface area contributed by atoms with Crippen LogP contribution in [0.4, 0.5) is 19.0 Å². The predicted molar refractivity (Wildman–Crippen MR) is 137 cm³/mol. The maximum Gasteiger partial charge on any atom is 0.433 e. The first-order valence-corrected chi connectivity index (χ1v) is 12.8. The number of rotatable bonds is 4. The summed E-state index contributed by atoms with van der Waals surface area (Å²) in [6.07, 6.45) is 2.14. The molecule has 3 N–H and O–H groups in total. The van der Waals surface area contributed by atoms with E-state index in [1.165, 1.54) is 19.1 Å². The Bertz CT molecular complexity index is 1560. The fraction of sp³-hybridized carbons (Fsp3) is 0.357. The number of fused-ring (bicyclic) bond motifs is 2. The molecule has 8 nitrogen and oxygen atoms in total. The van der Waals surface area contributed by atoms with Gasteiger partial charge in [0.2, 0.25) is 5.91 Å². The first-order valence-electron chi connectivity index (χ1n) is 12.8. The maximum atomic E-state index is 13.2. The molecule has 0 aliphatic carbocycles. The van der Waals surface area contributed by atoms with Crippen LogP contribution < -0.4 is 5.73 Å². The molecule has 2 aliphatic heterocycles. The lowest BCUT2D eigenvalue weighted by molar-refractivity contribution is -0.141. The number of anilines is 1. The van der Waals surface area contributed by atoms with Gasteiger partial charge >= 0.3 is 6.18 Å². The SMILES string of the molecule is C[C@](O)(c1ccc(-c2nc([C@@H]3CC[C@H]4CCC(=O)N4C3)n3ccnc(N)c23)cc1)c1cccc(C(F)(F)F)n1. The zero-order chi connectivity index (χ0) is 27.5. The molecule has 4 aromatic rings.